The SMILES string of the molecule is CC(C)COC(=O)NC(=S)N(C)CCC#N. The number of amides is 1. The van der Waals surface area contributed by atoms with Gasteiger partial charge < -0.3 is 9.64 Å². The van der Waals surface area contributed by atoms with E-state index in [9.17, 15) is 4.79 Å². The van der Waals surface area contributed by atoms with Gasteiger partial charge in [-0.25, -0.2) is 4.79 Å². The Morgan fingerprint density at radius 3 is 2.75 bits per heavy atom. The molecule has 0 rings (SSSR count). The topological polar surface area (TPSA) is 65.4 Å². The van der Waals surface area contributed by atoms with Crippen LogP contribution < -0.4 is 5.32 Å². The molecular formula is C10H17N3O2S. The molecule has 0 spiro atoms. The lowest BCUT2D eigenvalue weighted by Gasteiger charge is -2.18. The number of hydrogen-bond acceptors (Lipinski definition) is 4. The van der Waals surface area contributed by atoms with Crippen molar-refractivity contribution in [3.05, 3.63) is 0 Å². The van der Waals surface area contributed by atoms with Crippen molar-refractivity contribution >= 4 is 23.4 Å². The molecule has 0 bridgehead atoms. The van der Waals surface area contributed by atoms with Gasteiger partial charge in [-0.2, -0.15) is 5.26 Å². The van der Waals surface area contributed by atoms with Crippen molar-refractivity contribution < 1.29 is 9.53 Å². The fourth-order valence-electron chi connectivity index (χ4n) is 0.780. The molecule has 90 valence electrons. The summed E-state index contributed by atoms with van der Waals surface area (Å²) in [5.74, 6) is 0.288. The lowest BCUT2D eigenvalue weighted by molar-refractivity contribution is 0.137. The Balaban J connectivity index is 3.86. The number of nitrogens with one attached hydrogen (secondary N) is 1. The zero-order valence-electron chi connectivity index (χ0n) is 9.82. The van der Waals surface area contributed by atoms with Crippen LogP contribution in [0.15, 0.2) is 0 Å². The predicted molar refractivity (Wildman–Crippen MR) is 64.8 cm³/mol. The second kappa shape index (κ2) is 7.88. The van der Waals surface area contributed by atoms with E-state index in [1.807, 2.05) is 19.9 Å². The van der Waals surface area contributed by atoms with E-state index in [0.717, 1.165) is 0 Å². The van der Waals surface area contributed by atoms with E-state index in [2.05, 4.69) is 5.32 Å². The number of nitriles is 1. The third kappa shape index (κ3) is 7.01. The number of rotatable bonds is 4. The van der Waals surface area contributed by atoms with Gasteiger partial charge >= 0.3 is 6.09 Å². The fraction of sp³-hybridized carbons (Fsp3) is 0.700. The van der Waals surface area contributed by atoms with Crippen molar-refractivity contribution in [3.8, 4) is 6.07 Å². The molecule has 0 saturated heterocycles. The number of carbonyl (C=O) groups excluding carboxylic acids is 1. The molecule has 0 aliphatic carbocycles. The van der Waals surface area contributed by atoms with Crippen LogP contribution in [0.3, 0.4) is 0 Å². The van der Waals surface area contributed by atoms with Crippen molar-refractivity contribution in [2.75, 3.05) is 20.2 Å². The number of ether oxygens (including phenoxy) is 1. The lowest BCUT2D eigenvalue weighted by atomic mass is 10.2. The minimum atomic E-state index is -0.553. The minimum Gasteiger partial charge on any atom is -0.449 e. The number of hydrogen-bond donors (Lipinski definition) is 1. The molecule has 1 amide bonds. The molecule has 0 aromatic heterocycles. The third-order valence-electron chi connectivity index (χ3n) is 1.66. The van der Waals surface area contributed by atoms with Gasteiger partial charge in [0.15, 0.2) is 5.11 Å². The van der Waals surface area contributed by atoms with Gasteiger partial charge in [-0.15, -0.1) is 0 Å². The van der Waals surface area contributed by atoms with Gasteiger partial charge in [0.1, 0.15) is 0 Å². The van der Waals surface area contributed by atoms with Gasteiger partial charge in [-0.05, 0) is 18.1 Å². The zero-order valence-corrected chi connectivity index (χ0v) is 10.6. The van der Waals surface area contributed by atoms with Crippen LogP contribution in [0, 0.1) is 17.2 Å². The Hall–Kier alpha value is -1.35. The van der Waals surface area contributed by atoms with Gasteiger partial charge in [-0.3, -0.25) is 5.32 Å². The van der Waals surface area contributed by atoms with Crippen LogP contribution in [0.1, 0.15) is 20.3 Å². The molecule has 6 heteroatoms. The normalized spacial score (nSPS) is 9.44. The summed E-state index contributed by atoms with van der Waals surface area (Å²) in [6.07, 6.45) is -0.193. The quantitative estimate of drug-likeness (QED) is 0.758. The molecule has 1 N–H and O–H groups in total. The lowest BCUT2D eigenvalue weighted by Crippen LogP contribution is -2.41. The van der Waals surface area contributed by atoms with Gasteiger partial charge in [0.2, 0.25) is 0 Å². The van der Waals surface area contributed by atoms with Gasteiger partial charge in [-0.1, -0.05) is 13.8 Å². The molecule has 0 aliphatic rings. The fourth-order valence-corrected chi connectivity index (χ4v) is 0.955. The summed E-state index contributed by atoms with van der Waals surface area (Å²) >= 11 is 4.95. The Morgan fingerprint density at radius 2 is 2.25 bits per heavy atom. The van der Waals surface area contributed by atoms with E-state index in [0.29, 0.717) is 19.6 Å². The van der Waals surface area contributed by atoms with Crippen molar-refractivity contribution in [1.29, 1.82) is 5.26 Å². The molecule has 16 heavy (non-hydrogen) atoms. The molecular weight excluding hydrogens is 226 g/mol. The average molecular weight is 243 g/mol. The Labute approximate surface area is 101 Å². The highest BCUT2D eigenvalue weighted by Crippen LogP contribution is 1.94. The van der Waals surface area contributed by atoms with Crippen LogP contribution in [0.25, 0.3) is 0 Å². The van der Waals surface area contributed by atoms with Crippen molar-refractivity contribution in [1.82, 2.24) is 10.2 Å². The zero-order chi connectivity index (χ0) is 12.6. The Bertz CT molecular complexity index is 286. The maximum atomic E-state index is 11.2. The second-order valence-electron chi connectivity index (χ2n) is 3.75. The number of alkyl carbamates (subject to hydrolysis) is 1. The molecule has 0 radical (unpaired) electrons. The van der Waals surface area contributed by atoms with Gasteiger partial charge in [0.25, 0.3) is 0 Å². The number of nitrogens with zero attached hydrogens (tertiary/aromatic N) is 2. The van der Waals surface area contributed by atoms with Crippen LogP contribution >= 0.6 is 12.2 Å². The van der Waals surface area contributed by atoms with E-state index < -0.39 is 6.09 Å². The summed E-state index contributed by atoms with van der Waals surface area (Å²) in [7, 11) is 1.71. The predicted octanol–water partition coefficient (Wildman–Crippen LogP) is 1.50. The smallest absolute Gasteiger partial charge is 0.413 e. The van der Waals surface area contributed by atoms with Crippen LogP contribution in [0.5, 0.6) is 0 Å². The molecule has 0 atom stereocenters. The highest BCUT2D eigenvalue weighted by molar-refractivity contribution is 7.80. The molecule has 0 aromatic rings. The maximum absolute atomic E-state index is 11.2. The van der Waals surface area contributed by atoms with Crippen LogP contribution in [0.4, 0.5) is 4.79 Å². The van der Waals surface area contributed by atoms with E-state index in [-0.39, 0.29) is 11.0 Å². The molecule has 5 nitrogen and oxygen atoms in total. The number of thiocarbonyl (C=S) groups is 1. The van der Waals surface area contributed by atoms with Crippen LogP contribution in [-0.2, 0) is 4.74 Å². The first-order valence-electron chi connectivity index (χ1n) is 5.03. The summed E-state index contributed by atoms with van der Waals surface area (Å²) in [6, 6.07) is 2.00. The minimum absolute atomic E-state index is 0.268. The monoisotopic (exact) mass is 243 g/mol. The van der Waals surface area contributed by atoms with Crippen molar-refractivity contribution in [2.45, 2.75) is 20.3 Å². The summed E-state index contributed by atoms with van der Waals surface area (Å²) < 4.78 is 4.90. The Morgan fingerprint density at radius 1 is 1.62 bits per heavy atom. The summed E-state index contributed by atoms with van der Waals surface area (Å²) in [5, 5.41) is 11.1. The second-order valence-corrected chi connectivity index (χ2v) is 4.14. The van der Waals surface area contributed by atoms with E-state index in [4.69, 9.17) is 22.2 Å². The largest absolute Gasteiger partial charge is 0.449 e. The maximum Gasteiger partial charge on any atom is 0.413 e. The number of carbonyl (C=O) groups is 1. The van der Waals surface area contributed by atoms with Gasteiger partial charge in [0, 0.05) is 13.6 Å². The van der Waals surface area contributed by atoms with E-state index >= 15 is 0 Å². The molecule has 0 aliphatic heterocycles. The van der Waals surface area contributed by atoms with Crippen LogP contribution in [0.2, 0.25) is 0 Å². The molecule has 0 unspecified atom stereocenters. The third-order valence-corrected chi connectivity index (χ3v) is 2.08. The van der Waals surface area contributed by atoms with Crippen molar-refractivity contribution in [3.63, 3.8) is 0 Å². The molecule has 0 aromatic carbocycles. The molecule has 0 fully saturated rings. The average Bonchev–Trinajstić information content (AvgIpc) is 2.22. The highest BCUT2D eigenvalue weighted by atomic mass is 32.1. The molecule has 0 saturated carbocycles. The summed E-state index contributed by atoms with van der Waals surface area (Å²) in [6.45, 7) is 4.74. The first-order valence-corrected chi connectivity index (χ1v) is 5.44. The highest BCUT2D eigenvalue weighted by Gasteiger charge is 2.09. The van der Waals surface area contributed by atoms with Crippen LogP contribution in [-0.4, -0.2) is 36.3 Å². The van der Waals surface area contributed by atoms with E-state index in [1.165, 1.54) is 0 Å². The first-order chi connectivity index (χ1) is 7.47. The van der Waals surface area contributed by atoms with Gasteiger partial charge in [0.05, 0.1) is 19.1 Å². The standard InChI is InChI=1S/C10H17N3O2S/c1-8(2)7-15-10(14)12-9(16)13(3)6-4-5-11/h8H,4,6-7H2,1-3H3,(H,12,14,16). The first kappa shape index (κ1) is 14.6. The molecule has 0 heterocycles. The summed E-state index contributed by atoms with van der Waals surface area (Å²) in [5.41, 5.74) is 0. The van der Waals surface area contributed by atoms with E-state index in [1.54, 1.807) is 11.9 Å². The Kier molecular flexibility index (Phi) is 7.21. The van der Waals surface area contributed by atoms with Crippen molar-refractivity contribution in [2.24, 2.45) is 5.92 Å². The summed E-state index contributed by atoms with van der Waals surface area (Å²) in [4.78, 5) is 12.8.